The van der Waals surface area contributed by atoms with Gasteiger partial charge in [-0.3, -0.25) is 0 Å². The van der Waals surface area contributed by atoms with Crippen molar-refractivity contribution in [2.24, 2.45) is 5.73 Å². The third kappa shape index (κ3) is 3.21. The molecule has 0 saturated carbocycles. The van der Waals surface area contributed by atoms with E-state index in [9.17, 15) is 0 Å². The lowest BCUT2D eigenvalue weighted by atomic mass is 10.0. The SMILES string of the molecule is CCCC(N)CC1CCCN1. The van der Waals surface area contributed by atoms with E-state index in [1.807, 2.05) is 0 Å². The molecule has 2 unspecified atom stereocenters. The highest BCUT2D eigenvalue weighted by molar-refractivity contribution is 4.78. The van der Waals surface area contributed by atoms with Crippen LogP contribution in [0.3, 0.4) is 0 Å². The van der Waals surface area contributed by atoms with Crippen molar-refractivity contribution in [2.45, 2.75) is 51.1 Å². The summed E-state index contributed by atoms with van der Waals surface area (Å²) < 4.78 is 0. The second kappa shape index (κ2) is 4.73. The second-order valence-corrected chi connectivity index (χ2v) is 3.58. The zero-order chi connectivity index (χ0) is 8.10. The average Bonchev–Trinajstić information content (AvgIpc) is 2.40. The Morgan fingerprint density at radius 3 is 3.00 bits per heavy atom. The highest BCUT2D eigenvalue weighted by atomic mass is 14.9. The van der Waals surface area contributed by atoms with Gasteiger partial charge in [-0.15, -0.1) is 0 Å². The van der Waals surface area contributed by atoms with E-state index in [4.69, 9.17) is 5.73 Å². The van der Waals surface area contributed by atoms with E-state index in [0.717, 1.165) is 6.04 Å². The van der Waals surface area contributed by atoms with Crippen LogP contribution in [0.1, 0.15) is 39.0 Å². The van der Waals surface area contributed by atoms with Crippen molar-refractivity contribution in [3.05, 3.63) is 0 Å². The molecule has 2 nitrogen and oxygen atoms in total. The van der Waals surface area contributed by atoms with E-state index >= 15 is 0 Å². The molecule has 0 aromatic heterocycles. The van der Waals surface area contributed by atoms with Gasteiger partial charge in [0.15, 0.2) is 0 Å². The monoisotopic (exact) mass is 156 g/mol. The number of hydrogen-bond acceptors (Lipinski definition) is 2. The lowest BCUT2D eigenvalue weighted by Crippen LogP contribution is -2.31. The predicted molar refractivity (Wildman–Crippen MR) is 48.5 cm³/mol. The van der Waals surface area contributed by atoms with E-state index in [-0.39, 0.29) is 0 Å². The lowest BCUT2D eigenvalue weighted by molar-refractivity contribution is 0.465. The predicted octanol–water partition coefficient (Wildman–Crippen LogP) is 1.26. The molecule has 1 heterocycles. The van der Waals surface area contributed by atoms with Crippen LogP contribution in [0.2, 0.25) is 0 Å². The van der Waals surface area contributed by atoms with Gasteiger partial charge in [-0.25, -0.2) is 0 Å². The molecule has 66 valence electrons. The first-order chi connectivity index (χ1) is 5.33. The summed E-state index contributed by atoms with van der Waals surface area (Å²) in [5.41, 5.74) is 5.92. The third-order valence-corrected chi connectivity index (χ3v) is 2.41. The van der Waals surface area contributed by atoms with Crippen LogP contribution in [0.25, 0.3) is 0 Å². The summed E-state index contributed by atoms with van der Waals surface area (Å²) in [6, 6.07) is 1.15. The van der Waals surface area contributed by atoms with Gasteiger partial charge in [0.1, 0.15) is 0 Å². The molecule has 3 N–H and O–H groups in total. The molecule has 1 rings (SSSR count). The summed E-state index contributed by atoms with van der Waals surface area (Å²) in [5.74, 6) is 0. The van der Waals surface area contributed by atoms with Gasteiger partial charge in [-0.2, -0.15) is 0 Å². The Morgan fingerprint density at radius 2 is 2.45 bits per heavy atom. The molecule has 0 spiro atoms. The Labute approximate surface area is 69.5 Å². The molecule has 0 aromatic carbocycles. The van der Waals surface area contributed by atoms with Crippen LogP contribution in [-0.2, 0) is 0 Å². The molecular weight excluding hydrogens is 136 g/mol. The van der Waals surface area contributed by atoms with E-state index < -0.39 is 0 Å². The Bertz CT molecular complexity index is 97.7. The van der Waals surface area contributed by atoms with E-state index in [2.05, 4.69) is 12.2 Å². The van der Waals surface area contributed by atoms with E-state index in [0.29, 0.717) is 6.04 Å². The van der Waals surface area contributed by atoms with Gasteiger partial charge < -0.3 is 11.1 Å². The van der Waals surface area contributed by atoms with Gasteiger partial charge in [0, 0.05) is 12.1 Å². The van der Waals surface area contributed by atoms with Crippen LogP contribution < -0.4 is 11.1 Å². The zero-order valence-electron chi connectivity index (χ0n) is 7.47. The summed E-state index contributed by atoms with van der Waals surface area (Å²) >= 11 is 0. The molecule has 11 heavy (non-hydrogen) atoms. The van der Waals surface area contributed by atoms with Crippen molar-refractivity contribution < 1.29 is 0 Å². The van der Waals surface area contributed by atoms with Crippen LogP contribution >= 0.6 is 0 Å². The number of nitrogens with two attached hydrogens (primary N) is 1. The van der Waals surface area contributed by atoms with Crippen LogP contribution in [0, 0.1) is 0 Å². The van der Waals surface area contributed by atoms with Crippen molar-refractivity contribution in [2.75, 3.05) is 6.54 Å². The molecule has 1 fully saturated rings. The molecular formula is C9H20N2. The van der Waals surface area contributed by atoms with Gasteiger partial charge in [0.05, 0.1) is 0 Å². The van der Waals surface area contributed by atoms with Gasteiger partial charge in [-0.1, -0.05) is 13.3 Å². The van der Waals surface area contributed by atoms with Crippen molar-refractivity contribution in [3.8, 4) is 0 Å². The zero-order valence-corrected chi connectivity index (χ0v) is 7.47. The molecule has 0 radical (unpaired) electrons. The normalized spacial score (nSPS) is 27.3. The van der Waals surface area contributed by atoms with Crippen LogP contribution in [0.5, 0.6) is 0 Å². The highest BCUT2D eigenvalue weighted by Crippen LogP contribution is 2.11. The minimum atomic E-state index is 0.426. The van der Waals surface area contributed by atoms with Crippen LogP contribution in [0.15, 0.2) is 0 Å². The van der Waals surface area contributed by atoms with Gasteiger partial charge in [-0.05, 0) is 32.2 Å². The standard InChI is InChI=1S/C9H20N2/c1-2-4-8(10)7-9-5-3-6-11-9/h8-9,11H,2-7,10H2,1H3. The van der Waals surface area contributed by atoms with E-state index in [1.165, 1.54) is 38.6 Å². The van der Waals surface area contributed by atoms with Gasteiger partial charge in [0.25, 0.3) is 0 Å². The first-order valence-corrected chi connectivity index (χ1v) is 4.82. The Kier molecular flexibility index (Phi) is 3.87. The summed E-state index contributed by atoms with van der Waals surface area (Å²) in [6.07, 6.45) is 6.24. The summed E-state index contributed by atoms with van der Waals surface area (Å²) in [6.45, 7) is 3.39. The molecule has 1 aliphatic heterocycles. The number of rotatable bonds is 4. The first-order valence-electron chi connectivity index (χ1n) is 4.82. The Hall–Kier alpha value is -0.0800. The Balaban J connectivity index is 2.08. The molecule has 2 atom stereocenters. The maximum Gasteiger partial charge on any atom is 0.00822 e. The second-order valence-electron chi connectivity index (χ2n) is 3.58. The summed E-state index contributed by atoms with van der Waals surface area (Å²) in [4.78, 5) is 0. The van der Waals surface area contributed by atoms with Gasteiger partial charge in [0.2, 0.25) is 0 Å². The van der Waals surface area contributed by atoms with E-state index in [1.54, 1.807) is 0 Å². The third-order valence-electron chi connectivity index (χ3n) is 2.41. The fourth-order valence-corrected chi connectivity index (χ4v) is 1.81. The van der Waals surface area contributed by atoms with Crippen molar-refractivity contribution >= 4 is 0 Å². The maximum absolute atomic E-state index is 5.92. The van der Waals surface area contributed by atoms with Crippen LogP contribution in [0.4, 0.5) is 0 Å². The lowest BCUT2D eigenvalue weighted by Gasteiger charge is -2.15. The molecule has 1 aliphatic rings. The molecule has 0 aliphatic carbocycles. The topological polar surface area (TPSA) is 38.0 Å². The van der Waals surface area contributed by atoms with Gasteiger partial charge >= 0.3 is 0 Å². The molecule has 1 saturated heterocycles. The minimum Gasteiger partial charge on any atom is -0.328 e. The number of hydrogen-bond donors (Lipinski definition) is 2. The average molecular weight is 156 g/mol. The molecule has 2 heteroatoms. The quantitative estimate of drug-likeness (QED) is 0.643. The largest absolute Gasteiger partial charge is 0.328 e. The fraction of sp³-hybridized carbons (Fsp3) is 1.00. The van der Waals surface area contributed by atoms with Crippen molar-refractivity contribution in [3.63, 3.8) is 0 Å². The smallest absolute Gasteiger partial charge is 0.00822 e. The molecule has 0 aromatic rings. The maximum atomic E-state index is 5.92. The Morgan fingerprint density at radius 1 is 1.64 bits per heavy atom. The fourth-order valence-electron chi connectivity index (χ4n) is 1.81. The van der Waals surface area contributed by atoms with Crippen molar-refractivity contribution in [1.29, 1.82) is 0 Å². The summed E-state index contributed by atoms with van der Waals surface area (Å²) in [7, 11) is 0. The molecule has 0 bridgehead atoms. The van der Waals surface area contributed by atoms with Crippen molar-refractivity contribution in [1.82, 2.24) is 5.32 Å². The summed E-state index contributed by atoms with van der Waals surface area (Å²) in [5, 5.41) is 3.47. The number of nitrogens with one attached hydrogen (secondary N) is 1. The van der Waals surface area contributed by atoms with Crippen LogP contribution in [-0.4, -0.2) is 18.6 Å². The highest BCUT2D eigenvalue weighted by Gasteiger charge is 2.16. The minimum absolute atomic E-state index is 0.426. The first kappa shape index (κ1) is 9.01. The molecule has 0 amide bonds.